The van der Waals surface area contributed by atoms with Crippen LogP contribution >= 0.6 is 0 Å². The summed E-state index contributed by atoms with van der Waals surface area (Å²) in [4.78, 5) is 0. The topological polar surface area (TPSA) is 0 Å². The van der Waals surface area contributed by atoms with Crippen LogP contribution in [0.15, 0.2) is 0 Å². The largest absolute Gasteiger partial charge is 0.394 e. The summed E-state index contributed by atoms with van der Waals surface area (Å²) < 4.78 is 368. The summed E-state index contributed by atoms with van der Waals surface area (Å²) in [7, 11) is 0. The molecule has 0 spiro atoms. The van der Waals surface area contributed by atoms with E-state index in [1.165, 1.54) is 105 Å². The van der Waals surface area contributed by atoms with Gasteiger partial charge in [-0.3, -0.25) is 0 Å². The summed E-state index contributed by atoms with van der Waals surface area (Å²) in [6.45, 7) is 31.3. The monoisotopic (exact) mass is 1640 g/mol. The molecule has 3 unspecified atom stereocenters. The molecule has 0 aliphatic heterocycles. The van der Waals surface area contributed by atoms with Crippen molar-refractivity contribution in [1.29, 1.82) is 0 Å². The van der Waals surface area contributed by atoms with Gasteiger partial charge in [0.2, 0.25) is 6.43 Å². The van der Waals surface area contributed by atoms with Crippen molar-refractivity contribution in [2.75, 3.05) is 0 Å². The molecular formula is C80H133F29. The summed E-state index contributed by atoms with van der Waals surface area (Å²) in [5.41, 5.74) is -12.4. The fourth-order valence-electron chi connectivity index (χ4n) is 14.8. The second kappa shape index (κ2) is 39.5. The van der Waals surface area contributed by atoms with Gasteiger partial charge in [-0.25, -0.2) is 52.7 Å². The number of alkyl halides is 29. The first kappa shape index (κ1) is 107. The molecule has 109 heavy (non-hydrogen) atoms. The number of hydrogen-bond donors (Lipinski definition) is 0. The van der Waals surface area contributed by atoms with Crippen molar-refractivity contribution >= 4 is 0 Å². The minimum Gasteiger partial charge on any atom is -0.238 e. The van der Waals surface area contributed by atoms with E-state index in [9.17, 15) is 127 Å². The maximum Gasteiger partial charge on any atom is 0.394 e. The highest BCUT2D eigenvalue weighted by molar-refractivity contribution is 5.07. The van der Waals surface area contributed by atoms with Gasteiger partial charge in [-0.05, 0) is 165 Å². The lowest BCUT2D eigenvalue weighted by atomic mass is 9.67. The third-order valence-corrected chi connectivity index (χ3v) is 26.1. The second-order valence-corrected chi connectivity index (χ2v) is 36.7. The maximum atomic E-state index is 13.3. The number of hydrogen-bond acceptors (Lipinski definition) is 0. The Morgan fingerprint density at radius 1 is 0.330 bits per heavy atom. The average molecular weight is 1650 g/mol. The predicted molar refractivity (Wildman–Crippen MR) is 375 cm³/mol. The molecule has 29 heteroatoms. The number of halogens is 29. The molecule has 0 heterocycles. The van der Waals surface area contributed by atoms with Gasteiger partial charge in [-0.2, -0.15) is 74.6 Å². The van der Waals surface area contributed by atoms with E-state index in [0.717, 1.165) is 62.7 Å². The van der Waals surface area contributed by atoms with Crippen LogP contribution in [0.2, 0.25) is 0 Å². The Balaban J connectivity index is 0.00000120. The van der Waals surface area contributed by atoms with Crippen LogP contribution < -0.4 is 0 Å². The fourth-order valence-corrected chi connectivity index (χ4v) is 14.8. The molecule has 0 aromatic heterocycles. The molecule has 0 aromatic carbocycles. The molecule has 9 fully saturated rings. The summed E-state index contributed by atoms with van der Waals surface area (Å²) in [6.07, 6.45) is 2.85. The van der Waals surface area contributed by atoms with E-state index in [2.05, 4.69) is 55.4 Å². The molecule has 9 saturated carbocycles. The summed E-state index contributed by atoms with van der Waals surface area (Å²) in [6, 6.07) is 0. The van der Waals surface area contributed by atoms with Crippen LogP contribution in [-0.4, -0.2) is 83.7 Å². The zero-order valence-electron chi connectivity index (χ0n) is 68.2. The molecule has 0 saturated heterocycles. The SMILES string of the molecule is CC1(F)CC(F)(F)CC1(F)F.CC1(F)CCC(F)(F)CC1(F)F.CC1CCC(C)(C(F)(F)F)CC1.CCC(C)(C)C.CCC1(C(F)(F)F)CCCC1.CCC1(C(F)(F)F)CCCCC1.CCC1(C)CCCC1.CCC1(C)CCCCC1.C[C@@H]1CCC(C)(C(F)F)C(F)(F)C1(F)F.C[C@@H]1CCC(C)(C)C(F)(F)C1(F)F. The second-order valence-electron chi connectivity index (χ2n) is 36.7. The van der Waals surface area contributed by atoms with Crippen molar-refractivity contribution in [3.05, 3.63) is 0 Å². The van der Waals surface area contributed by atoms with Gasteiger partial charge in [0.15, 0.2) is 11.3 Å². The normalized spacial score (nSPS) is 32.2. The first-order valence-corrected chi connectivity index (χ1v) is 39.4. The maximum absolute atomic E-state index is 13.3. The molecule has 0 bridgehead atoms. The Labute approximate surface area is 632 Å². The number of rotatable bonds is 5. The van der Waals surface area contributed by atoms with Crippen LogP contribution in [0.4, 0.5) is 127 Å². The van der Waals surface area contributed by atoms with Gasteiger partial charge in [0.05, 0.1) is 40.9 Å². The first-order chi connectivity index (χ1) is 48.5. The lowest BCUT2D eigenvalue weighted by molar-refractivity contribution is -0.327. The highest BCUT2D eigenvalue weighted by Gasteiger charge is 2.74. The fraction of sp³-hybridized carbons (Fsp3) is 1.00. The van der Waals surface area contributed by atoms with Gasteiger partial charge in [-0.15, -0.1) is 0 Å². The third-order valence-electron chi connectivity index (χ3n) is 26.1. The first-order valence-electron chi connectivity index (χ1n) is 39.4. The van der Waals surface area contributed by atoms with Crippen LogP contribution in [-0.2, 0) is 0 Å². The average Bonchev–Trinajstić information content (AvgIpc) is 1.05. The lowest BCUT2D eigenvalue weighted by Crippen LogP contribution is -2.61. The quantitative estimate of drug-likeness (QED) is 0.241. The summed E-state index contributed by atoms with van der Waals surface area (Å²) in [5, 5.41) is 0. The third kappa shape index (κ3) is 28.9. The smallest absolute Gasteiger partial charge is 0.238 e. The Kier molecular flexibility index (Phi) is 38.7. The van der Waals surface area contributed by atoms with Gasteiger partial charge >= 0.3 is 42.2 Å². The van der Waals surface area contributed by atoms with Crippen LogP contribution in [0.25, 0.3) is 0 Å². The van der Waals surface area contributed by atoms with Gasteiger partial charge in [0.1, 0.15) is 0 Å². The summed E-state index contributed by atoms with van der Waals surface area (Å²) >= 11 is 0. The van der Waals surface area contributed by atoms with Crippen LogP contribution in [0, 0.1) is 61.1 Å². The van der Waals surface area contributed by atoms with Gasteiger partial charge in [0.25, 0.3) is 23.7 Å². The molecule has 656 valence electrons. The van der Waals surface area contributed by atoms with Crippen molar-refractivity contribution in [2.24, 2.45) is 61.1 Å². The molecule has 9 aliphatic carbocycles. The van der Waals surface area contributed by atoms with E-state index in [-0.39, 0.29) is 32.1 Å². The predicted octanol–water partition coefficient (Wildman–Crippen LogP) is 33.6. The molecule has 9 aliphatic rings. The van der Waals surface area contributed by atoms with Crippen LogP contribution in [0.5, 0.6) is 0 Å². The van der Waals surface area contributed by atoms with Crippen molar-refractivity contribution in [1.82, 2.24) is 0 Å². The Hall–Kier alpha value is -2.03. The van der Waals surface area contributed by atoms with Crippen molar-refractivity contribution < 1.29 is 127 Å². The highest BCUT2D eigenvalue weighted by atomic mass is 19.4. The van der Waals surface area contributed by atoms with Crippen molar-refractivity contribution in [3.63, 3.8) is 0 Å². The Bertz CT molecular complexity index is 2540. The molecule has 0 nitrogen and oxygen atoms in total. The van der Waals surface area contributed by atoms with Gasteiger partial charge < -0.3 is 0 Å². The molecule has 0 radical (unpaired) electrons. The molecule has 0 aromatic rings. The summed E-state index contributed by atoms with van der Waals surface area (Å²) in [5.74, 6) is -33.9. The van der Waals surface area contributed by atoms with E-state index in [0.29, 0.717) is 70.6 Å². The van der Waals surface area contributed by atoms with Gasteiger partial charge in [-0.1, -0.05) is 194 Å². The van der Waals surface area contributed by atoms with E-state index in [1.54, 1.807) is 13.8 Å². The van der Waals surface area contributed by atoms with E-state index in [4.69, 9.17) is 0 Å². The standard InChI is InChI=1S/C9H12F6.C9H14F4.2C9H15F3.C9H18.C8H13F3.C8H16.C7H9F5.C6H7F5.C6H14/c1-5-3-4-7(2,6(10)11)9(14,15)8(5,12)13;1-6-4-5-7(2,3)9(12,13)8(6,10)11;1-7-3-5-8(2,6-4-7)9(10,11)12;1-2-8(9(10,11)12)6-4-3-5-7-8;1-3-9(2)7-5-4-6-8-9;1-2-7(8(9,10)11)5-3-4-6-7;1-3-8(2)6-4-5-7-8;1-5(8)2-3-6(9,10)4-7(5,11)12;1-4(7)2-5(8,9)3-6(4,10)11;1-5-6(2,3)4/h5-6H,3-4H2,1-2H3;6H,4-5H2,1-3H3;7H,3-6H2,1-2H3;2-7H2,1H3;3-8H2,1-2H3;2-6H2,1H3;3-7H2,1-2H3;2-4H2,1H3;2-3H2,1H3;5H2,1-4H3/t5-,7?;6-;;;;;;;;/m11......../s1. The molecule has 9 rings (SSSR count). The van der Waals surface area contributed by atoms with Gasteiger partial charge in [0, 0.05) is 23.7 Å². The lowest BCUT2D eigenvalue weighted by Gasteiger charge is -2.47. The highest BCUT2D eigenvalue weighted by Crippen LogP contribution is 2.62. The molecular weight excluding hydrogens is 1510 g/mol. The van der Waals surface area contributed by atoms with E-state index in [1.807, 2.05) is 6.92 Å². The zero-order chi connectivity index (χ0) is 86.3. The minimum atomic E-state index is -4.66. The molecule has 0 N–H and O–H groups in total. The minimum absolute atomic E-state index is 0.150. The van der Waals surface area contributed by atoms with Crippen molar-refractivity contribution in [3.8, 4) is 0 Å². The van der Waals surface area contributed by atoms with Crippen LogP contribution in [0.1, 0.15) is 363 Å². The van der Waals surface area contributed by atoms with Crippen molar-refractivity contribution in [2.45, 2.75) is 446 Å². The molecule has 0 amide bonds. The van der Waals surface area contributed by atoms with E-state index < -0.39 is 161 Å². The Morgan fingerprint density at radius 3 is 0.881 bits per heavy atom. The van der Waals surface area contributed by atoms with E-state index >= 15 is 0 Å². The zero-order valence-corrected chi connectivity index (χ0v) is 68.2. The molecule has 5 atom stereocenters. The van der Waals surface area contributed by atoms with Crippen LogP contribution in [0.3, 0.4) is 0 Å². The Morgan fingerprint density at radius 2 is 0.642 bits per heavy atom.